The van der Waals surface area contributed by atoms with Gasteiger partial charge in [0.2, 0.25) is 0 Å². The summed E-state index contributed by atoms with van der Waals surface area (Å²) in [5.74, 6) is -0.426. The van der Waals surface area contributed by atoms with Gasteiger partial charge in [0, 0.05) is 0 Å². The number of para-hydroxylation sites is 1. The maximum atomic E-state index is 11.8. The Morgan fingerprint density at radius 2 is 1.61 bits per heavy atom. The van der Waals surface area contributed by atoms with Gasteiger partial charge in [-0.15, -0.1) is 12.4 Å². The van der Waals surface area contributed by atoms with E-state index < -0.39 is 24.8 Å². The summed E-state index contributed by atoms with van der Waals surface area (Å²) < 4.78 is 10.1. The highest BCUT2D eigenvalue weighted by molar-refractivity contribution is 5.85. The number of carbonyl (C=O) groups is 2. The number of carbonyl (C=O) groups excluding carboxylic acids is 1. The Balaban J connectivity index is 0.00000484. The largest absolute Gasteiger partial charge is 0.513 e. The number of hydrogen-bond acceptors (Lipinski definition) is 5. The zero-order valence-electron chi connectivity index (χ0n) is 13.7. The van der Waals surface area contributed by atoms with Gasteiger partial charge in [0.25, 0.3) is 0 Å². The van der Waals surface area contributed by atoms with E-state index in [1.165, 1.54) is 0 Å². The Kier molecular flexibility index (Phi) is 8.64. The molecule has 0 aliphatic rings. The molecule has 0 bridgehead atoms. The van der Waals surface area contributed by atoms with Crippen molar-refractivity contribution in [1.82, 2.24) is 0 Å². The number of rotatable bonds is 6. The zero-order valence-corrected chi connectivity index (χ0v) is 14.6. The lowest BCUT2D eigenvalue weighted by Crippen LogP contribution is -2.36. The summed E-state index contributed by atoms with van der Waals surface area (Å²) in [5, 5.41) is 8.66. The van der Waals surface area contributed by atoms with Gasteiger partial charge in [0.15, 0.2) is 0 Å². The van der Waals surface area contributed by atoms with E-state index >= 15 is 0 Å². The van der Waals surface area contributed by atoms with Gasteiger partial charge in [0.1, 0.15) is 18.4 Å². The van der Waals surface area contributed by atoms with Crippen LogP contribution in [0.25, 0.3) is 0 Å². The van der Waals surface area contributed by atoms with E-state index in [0.29, 0.717) is 5.75 Å². The van der Waals surface area contributed by atoms with Gasteiger partial charge in [-0.25, -0.2) is 4.79 Å². The van der Waals surface area contributed by atoms with Crippen molar-refractivity contribution in [1.29, 1.82) is 0 Å². The molecule has 0 saturated carbocycles. The van der Waals surface area contributed by atoms with Crippen LogP contribution in [-0.2, 0) is 9.53 Å². The number of aliphatic carboxylic acids is 1. The fourth-order valence-electron chi connectivity index (χ4n) is 1.94. The van der Waals surface area contributed by atoms with Gasteiger partial charge < -0.3 is 20.3 Å². The van der Waals surface area contributed by atoms with Gasteiger partial charge in [-0.3, -0.25) is 4.79 Å². The number of halogens is 1. The quantitative estimate of drug-likeness (QED) is 0.606. The third-order valence-electron chi connectivity index (χ3n) is 3.20. The first-order chi connectivity index (χ1) is 10.2. The van der Waals surface area contributed by atoms with E-state index in [-0.39, 0.29) is 24.2 Å². The van der Waals surface area contributed by atoms with Crippen LogP contribution >= 0.6 is 12.4 Å². The van der Waals surface area contributed by atoms with Crippen LogP contribution in [0, 0.1) is 0 Å². The van der Waals surface area contributed by atoms with Crippen molar-refractivity contribution in [3.63, 3.8) is 0 Å². The molecule has 1 unspecified atom stereocenters. The van der Waals surface area contributed by atoms with Crippen molar-refractivity contribution in [3.05, 3.63) is 29.3 Å². The molecule has 0 heterocycles. The lowest BCUT2D eigenvalue weighted by molar-refractivity contribution is -0.139. The maximum Gasteiger partial charge on any atom is 0.513 e. The Labute approximate surface area is 142 Å². The molecule has 0 aliphatic heterocycles. The normalized spacial score (nSPS) is 11.8. The fourth-order valence-corrected chi connectivity index (χ4v) is 1.94. The summed E-state index contributed by atoms with van der Waals surface area (Å²) in [7, 11) is 0. The lowest BCUT2D eigenvalue weighted by atomic mass is 9.94. The Morgan fingerprint density at radius 3 is 2.00 bits per heavy atom. The topological polar surface area (TPSA) is 98.9 Å². The summed E-state index contributed by atoms with van der Waals surface area (Å²) in [5.41, 5.74) is 7.07. The van der Waals surface area contributed by atoms with Crippen molar-refractivity contribution in [2.75, 3.05) is 6.61 Å². The number of carboxylic acids is 1. The number of hydrogen-bond donors (Lipinski definition) is 2. The van der Waals surface area contributed by atoms with E-state index in [1.54, 1.807) is 0 Å². The first kappa shape index (κ1) is 21.2. The molecule has 23 heavy (non-hydrogen) atoms. The van der Waals surface area contributed by atoms with E-state index in [0.717, 1.165) is 11.1 Å². The standard InChI is InChI=1S/C16H23NO5.ClH/c1-9(2)11-6-5-7-12(10(3)4)14(11)22-16(20)21-8-13(17)15(18)19;/h5-7,9-10,13H,8,17H2,1-4H3,(H,18,19);1H. The van der Waals surface area contributed by atoms with Gasteiger partial charge in [-0.1, -0.05) is 45.9 Å². The first-order valence-electron chi connectivity index (χ1n) is 7.19. The minimum absolute atomic E-state index is 0. The minimum atomic E-state index is -1.27. The van der Waals surface area contributed by atoms with Crippen LogP contribution in [0.1, 0.15) is 50.7 Å². The molecule has 1 aromatic carbocycles. The van der Waals surface area contributed by atoms with Gasteiger partial charge >= 0.3 is 12.1 Å². The molecule has 0 aromatic heterocycles. The molecule has 1 atom stereocenters. The third-order valence-corrected chi connectivity index (χ3v) is 3.20. The lowest BCUT2D eigenvalue weighted by Gasteiger charge is -2.18. The second-order valence-electron chi connectivity index (χ2n) is 5.68. The van der Waals surface area contributed by atoms with Gasteiger partial charge in [0.05, 0.1) is 0 Å². The molecule has 0 spiro atoms. The maximum absolute atomic E-state index is 11.8. The number of benzene rings is 1. The molecule has 0 aliphatic carbocycles. The summed E-state index contributed by atoms with van der Waals surface area (Å²) >= 11 is 0. The summed E-state index contributed by atoms with van der Waals surface area (Å²) in [6.45, 7) is 7.56. The van der Waals surface area contributed by atoms with E-state index in [9.17, 15) is 9.59 Å². The van der Waals surface area contributed by atoms with Crippen LogP contribution in [0.2, 0.25) is 0 Å². The molecular weight excluding hydrogens is 322 g/mol. The summed E-state index contributed by atoms with van der Waals surface area (Å²) in [4.78, 5) is 22.4. The highest BCUT2D eigenvalue weighted by Gasteiger charge is 2.20. The molecule has 130 valence electrons. The second-order valence-corrected chi connectivity index (χ2v) is 5.68. The van der Waals surface area contributed by atoms with Crippen LogP contribution in [0.15, 0.2) is 18.2 Å². The summed E-state index contributed by atoms with van der Waals surface area (Å²) in [6, 6.07) is 4.44. The van der Waals surface area contributed by atoms with Gasteiger partial charge in [-0.05, 0) is 23.0 Å². The van der Waals surface area contributed by atoms with Crippen molar-refractivity contribution >= 4 is 24.5 Å². The Bertz CT molecular complexity index is 519. The predicted octanol–water partition coefficient (Wildman–Crippen LogP) is 3.28. The van der Waals surface area contributed by atoms with E-state index in [1.807, 2.05) is 45.9 Å². The van der Waals surface area contributed by atoms with Crippen LogP contribution in [0.4, 0.5) is 4.79 Å². The van der Waals surface area contributed by atoms with Crippen molar-refractivity contribution in [3.8, 4) is 5.75 Å². The van der Waals surface area contributed by atoms with Crippen LogP contribution < -0.4 is 10.5 Å². The molecule has 6 nitrogen and oxygen atoms in total. The SMILES string of the molecule is CC(C)c1cccc(C(C)C)c1OC(=O)OCC(N)C(=O)O.Cl. The molecule has 3 N–H and O–H groups in total. The molecule has 1 aromatic rings. The van der Waals surface area contributed by atoms with Crippen molar-refractivity contribution < 1.29 is 24.2 Å². The third kappa shape index (κ3) is 6.08. The van der Waals surface area contributed by atoms with Crippen LogP contribution in [0.5, 0.6) is 5.75 Å². The second kappa shape index (κ2) is 9.37. The monoisotopic (exact) mass is 345 g/mol. The fraction of sp³-hybridized carbons (Fsp3) is 0.500. The molecule has 0 fully saturated rings. The average molecular weight is 346 g/mol. The van der Waals surface area contributed by atoms with Gasteiger partial charge in [-0.2, -0.15) is 0 Å². The molecule has 1 rings (SSSR count). The van der Waals surface area contributed by atoms with Crippen LogP contribution in [0.3, 0.4) is 0 Å². The molecule has 0 saturated heterocycles. The first-order valence-corrected chi connectivity index (χ1v) is 7.19. The Morgan fingerprint density at radius 1 is 1.13 bits per heavy atom. The van der Waals surface area contributed by atoms with Crippen molar-refractivity contribution in [2.45, 2.75) is 45.6 Å². The average Bonchev–Trinajstić information content (AvgIpc) is 2.44. The zero-order chi connectivity index (χ0) is 16.9. The smallest absolute Gasteiger partial charge is 0.480 e. The molecule has 7 heteroatoms. The Hall–Kier alpha value is -1.79. The van der Waals surface area contributed by atoms with Crippen LogP contribution in [-0.4, -0.2) is 29.9 Å². The highest BCUT2D eigenvalue weighted by atomic mass is 35.5. The number of carboxylic acid groups (broad SMARTS) is 1. The summed E-state index contributed by atoms with van der Waals surface area (Å²) in [6.07, 6.45) is -0.952. The van der Waals surface area contributed by atoms with E-state index in [4.69, 9.17) is 20.3 Å². The predicted molar refractivity (Wildman–Crippen MR) is 89.5 cm³/mol. The molecular formula is C16H24ClNO5. The molecule has 0 radical (unpaired) electrons. The molecule has 0 amide bonds. The van der Waals surface area contributed by atoms with E-state index in [2.05, 4.69) is 0 Å². The highest BCUT2D eigenvalue weighted by Crippen LogP contribution is 2.34. The number of nitrogens with two attached hydrogens (primary N) is 1. The van der Waals surface area contributed by atoms with Crippen molar-refractivity contribution in [2.24, 2.45) is 5.73 Å². The minimum Gasteiger partial charge on any atom is -0.480 e. The number of ether oxygens (including phenoxy) is 2.